The van der Waals surface area contributed by atoms with Gasteiger partial charge in [-0.05, 0) is 110 Å². The van der Waals surface area contributed by atoms with Crippen molar-refractivity contribution < 1.29 is 0 Å². The zero-order chi connectivity index (χ0) is 34.1. The zero-order valence-corrected chi connectivity index (χ0v) is 29.6. The van der Waals surface area contributed by atoms with Crippen LogP contribution in [0.3, 0.4) is 0 Å². The molecule has 0 spiro atoms. The molecular formula is C49H37NS. The van der Waals surface area contributed by atoms with E-state index in [1.807, 2.05) is 11.3 Å². The molecule has 244 valence electrons. The molecule has 0 aliphatic heterocycles. The third-order valence-electron chi connectivity index (χ3n) is 11.3. The van der Waals surface area contributed by atoms with Crippen LogP contribution in [0.1, 0.15) is 30.9 Å². The van der Waals surface area contributed by atoms with Crippen LogP contribution in [0, 0.1) is 5.92 Å². The third-order valence-corrected chi connectivity index (χ3v) is 12.5. The average Bonchev–Trinajstić information content (AvgIpc) is 3.67. The molecule has 0 fully saturated rings. The largest absolute Gasteiger partial charge is 0.310 e. The second kappa shape index (κ2) is 11.7. The summed E-state index contributed by atoms with van der Waals surface area (Å²) in [5, 5.41) is 5.15. The molecule has 2 atom stereocenters. The highest BCUT2D eigenvalue weighted by atomic mass is 32.1. The quantitative estimate of drug-likeness (QED) is 0.176. The number of nitrogens with zero attached hydrogens (tertiary/aromatic N) is 1. The maximum absolute atomic E-state index is 2.49. The van der Waals surface area contributed by atoms with E-state index >= 15 is 0 Å². The highest BCUT2D eigenvalue weighted by Crippen LogP contribution is 2.54. The minimum absolute atomic E-state index is 0.0317. The molecule has 0 radical (unpaired) electrons. The molecule has 2 unspecified atom stereocenters. The summed E-state index contributed by atoms with van der Waals surface area (Å²) in [7, 11) is 0. The van der Waals surface area contributed by atoms with E-state index in [4.69, 9.17) is 0 Å². The van der Waals surface area contributed by atoms with Crippen molar-refractivity contribution in [3.8, 4) is 22.3 Å². The molecule has 0 N–H and O–H groups in total. The van der Waals surface area contributed by atoms with Crippen LogP contribution < -0.4 is 4.90 Å². The molecule has 51 heavy (non-hydrogen) atoms. The van der Waals surface area contributed by atoms with Crippen LogP contribution in [-0.2, 0) is 5.41 Å². The first-order valence-corrected chi connectivity index (χ1v) is 18.7. The molecule has 1 aromatic heterocycles. The number of allylic oxidation sites excluding steroid dienone is 4. The molecule has 1 nitrogen and oxygen atoms in total. The first kappa shape index (κ1) is 30.2. The van der Waals surface area contributed by atoms with Gasteiger partial charge in [-0.1, -0.05) is 135 Å². The molecule has 8 aromatic rings. The van der Waals surface area contributed by atoms with Gasteiger partial charge in [-0.2, -0.15) is 0 Å². The highest BCUT2D eigenvalue weighted by molar-refractivity contribution is 7.26. The van der Waals surface area contributed by atoms with Gasteiger partial charge in [0.15, 0.2) is 0 Å². The molecule has 1 heterocycles. The molecule has 2 heteroatoms. The number of fused-ring (bicyclic) bond motifs is 7. The van der Waals surface area contributed by atoms with Crippen LogP contribution in [0.2, 0.25) is 0 Å². The predicted octanol–water partition coefficient (Wildman–Crippen LogP) is 14.1. The van der Waals surface area contributed by atoms with E-state index in [2.05, 4.69) is 195 Å². The zero-order valence-electron chi connectivity index (χ0n) is 28.8. The summed E-state index contributed by atoms with van der Waals surface area (Å²) < 4.78 is 2.63. The Morgan fingerprint density at radius 1 is 0.529 bits per heavy atom. The third kappa shape index (κ3) is 4.89. The Morgan fingerprint density at radius 2 is 1.22 bits per heavy atom. The van der Waals surface area contributed by atoms with E-state index < -0.39 is 0 Å². The average molecular weight is 672 g/mol. The first-order chi connectivity index (χ1) is 25.0. The van der Waals surface area contributed by atoms with Gasteiger partial charge in [-0.15, -0.1) is 11.3 Å². The maximum atomic E-state index is 2.49. The Bertz CT molecular complexity index is 2690. The Hall–Kier alpha value is -5.70. The van der Waals surface area contributed by atoms with Crippen LogP contribution in [0.15, 0.2) is 176 Å². The van der Waals surface area contributed by atoms with Crippen molar-refractivity contribution in [3.63, 3.8) is 0 Å². The van der Waals surface area contributed by atoms with E-state index in [-0.39, 0.29) is 5.41 Å². The van der Waals surface area contributed by atoms with Crippen LogP contribution in [0.25, 0.3) is 53.2 Å². The fraction of sp³-hybridized carbons (Fsp3) is 0.102. The van der Waals surface area contributed by atoms with Gasteiger partial charge in [0.25, 0.3) is 0 Å². The Kier molecular flexibility index (Phi) is 6.91. The Balaban J connectivity index is 1.10. The fourth-order valence-electron chi connectivity index (χ4n) is 8.72. The summed E-state index contributed by atoms with van der Waals surface area (Å²) in [6, 6.07) is 56.3. The molecule has 7 aromatic carbocycles. The van der Waals surface area contributed by atoms with Crippen LogP contribution in [0.5, 0.6) is 0 Å². The normalized spacial score (nSPS) is 17.2. The molecule has 0 saturated heterocycles. The first-order valence-electron chi connectivity index (χ1n) is 17.9. The van der Waals surface area contributed by atoms with Crippen molar-refractivity contribution in [1.82, 2.24) is 0 Å². The van der Waals surface area contributed by atoms with E-state index in [1.165, 1.54) is 75.7 Å². The number of benzene rings is 7. The second-order valence-electron chi connectivity index (χ2n) is 14.6. The lowest BCUT2D eigenvalue weighted by Crippen LogP contribution is -2.24. The topological polar surface area (TPSA) is 3.24 Å². The number of anilines is 3. The summed E-state index contributed by atoms with van der Waals surface area (Å²) >= 11 is 1.87. The molecule has 10 rings (SSSR count). The van der Waals surface area contributed by atoms with Crippen molar-refractivity contribution in [3.05, 3.63) is 187 Å². The number of thiophene rings is 1. The van der Waals surface area contributed by atoms with Crippen LogP contribution in [0.4, 0.5) is 17.1 Å². The smallest absolute Gasteiger partial charge is 0.0554 e. The lowest BCUT2D eigenvalue weighted by atomic mass is 9.74. The minimum atomic E-state index is 0.0317. The van der Waals surface area contributed by atoms with Crippen molar-refractivity contribution in [1.29, 1.82) is 0 Å². The molecule has 2 aliphatic carbocycles. The van der Waals surface area contributed by atoms with Gasteiger partial charge in [-0.3, -0.25) is 0 Å². The van der Waals surface area contributed by atoms with E-state index in [1.54, 1.807) is 0 Å². The van der Waals surface area contributed by atoms with Crippen LogP contribution in [-0.4, -0.2) is 0 Å². The van der Waals surface area contributed by atoms with Crippen molar-refractivity contribution in [2.75, 3.05) is 4.90 Å². The van der Waals surface area contributed by atoms with Gasteiger partial charge in [-0.25, -0.2) is 0 Å². The number of hydrogen-bond acceptors (Lipinski definition) is 2. The summed E-state index contributed by atoms with van der Waals surface area (Å²) in [6.45, 7) is 4.84. The van der Waals surface area contributed by atoms with Crippen molar-refractivity contribution >= 4 is 59.3 Å². The lowest BCUT2D eigenvalue weighted by molar-refractivity contribution is 0.394. The summed E-state index contributed by atoms with van der Waals surface area (Å²) in [5.74, 6) is 0.895. The van der Waals surface area contributed by atoms with Gasteiger partial charge >= 0.3 is 0 Å². The molecule has 0 bridgehead atoms. The SMILES string of the molecule is CC1(C)c2cc(N(c3ccc(-c4cccc(-c5ccc6ccccc6c5)c4)cc3)c3cccc4sc5ccccc5c34)ccc2C2C=CC=CC21. The molecule has 0 saturated carbocycles. The summed E-state index contributed by atoms with van der Waals surface area (Å²) in [5.41, 5.74) is 11.4. The van der Waals surface area contributed by atoms with Crippen LogP contribution >= 0.6 is 11.3 Å². The number of rotatable bonds is 5. The van der Waals surface area contributed by atoms with E-state index in [0.717, 1.165) is 5.69 Å². The molecular weight excluding hydrogens is 635 g/mol. The maximum Gasteiger partial charge on any atom is 0.0554 e. The Labute approximate surface area is 303 Å². The van der Waals surface area contributed by atoms with Crippen molar-refractivity contribution in [2.24, 2.45) is 5.92 Å². The summed E-state index contributed by atoms with van der Waals surface area (Å²) in [4.78, 5) is 2.49. The van der Waals surface area contributed by atoms with E-state index in [9.17, 15) is 0 Å². The van der Waals surface area contributed by atoms with Gasteiger partial charge in [0.05, 0.1) is 5.69 Å². The van der Waals surface area contributed by atoms with Gasteiger partial charge in [0, 0.05) is 37.5 Å². The highest BCUT2D eigenvalue weighted by Gasteiger charge is 2.44. The lowest BCUT2D eigenvalue weighted by Gasteiger charge is -2.30. The standard InChI is InChI=1S/C49H37NS/c1-49(2)43-17-7-5-15-40(43)41-28-27-39(31-44(41)49)50(45-18-10-20-47-48(45)42-16-6-8-19-46(42)51-47)38-25-23-33(24-26-38)35-13-9-14-36(29-35)37-22-21-32-11-3-4-12-34(32)30-37/h3-31,40,43H,1-2H3. The van der Waals surface area contributed by atoms with Gasteiger partial charge in [0.1, 0.15) is 0 Å². The second-order valence-corrected chi connectivity index (χ2v) is 15.7. The fourth-order valence-corrected chi connectivity index (χ4v) is 9.85. The Morgan fingerprint density at radius 3 is 2.10 bits per heavy atom. The minimum Gasteiger partial charge on any atom is -0.310 e. The van der Waals surface area contributed by atoms with Gasteiger partial charge in [0.2, 0.25) is 0 Å². The molecule has 0 amide bonds. The number of hydrogen-bond donors (Lipinski definition) is 0. The summed E-state index contributed by atoms with van der Waals surface area (Å²) in [6.07, 6.45) is 9.24. The monoisotopic (exact) mass is 671 g/mol. The van der Waals surface area contributed by atoms with Gasteiger partial charge < -0.3 is 4.90 Å². The molecule has 2 aliphatic rings. The predicted molar refractivity (Wildman–Crippen MR) is 220 cm³/mol. The van der Waals surface area contributed by atoms with Crippen molar-refractivity contribution in [2.45, 2.75) is 25.2 Å². The van der Waals surface area contributed by atoms with E-state index in [0.29, 0.717) is 11.8 Å².